The van der Waals surface area contributed by atoms with Crippen molar-refractivity contribution in [2.24, 2.45) is 10.8 Å². The molecule has 0 N–H and O–H groups in total. The molecule has 0 radical (unpaired) electrons. The topological polar surface area (TPSA) is 0 Å². The van der Waals surface area contributed by atoms with Gasteiger partial charge in [0.05, 0.1) is 0 Å². The molecule has 0 bridgehead atoms. The number of halogens is 2. The summed E-state index contributed by atoms with van der Waals surface area (Å²) in [4.78, 5) is 0. The van der Waals surface area contributed by atoms with Gasteiger partial charge in [-0.2, -0.15) is 0 Å². The molecule has 8 aromatic rings. The van der Waals surface area contributed by atoms with Gasteiger partial charge in [-0.25, -0.2) is 0 Å². The van der Waals surface area contributed by atoms with E-state index in [4.69, 9.17) is 0 Å². The summed E-state index contributed by atoms with van der Waals surface area (Å²) < 4.78 is 0.799. The average molecular weight is 1070 g/mol. The molecule has 2 aliphatic carbocycles. The fourth-order valence-electron chi connectivity index (χ4n) is 13.2. The third-order valence-electron chi connectivity index (χ3n) is 16.4. The molecule has 2 atom stereocenters. The Morgan fingerprint density at radius 2 is 0.806 bits per heavy atom. The van der Waals surface area contributed by atoms with Crippen molar-refractivity contribution in [1.29, 1.82) is 0 Å². The summed E-state index contributed by atoms with van der Waals surface area (Å²) in [7, 11) is 18.6. The van der Waals surface area contributed by atoms with E-state index in [0.717, 1.165) is 0 Å². The van der Waals surface area contributed by atoms with Crippen molar-refractivity contribution in [2.45, 2.75) is 88.3 Å². The quantitative estimate of drug-likeness (QED) is 0.126. The van der Waals surface area contributed by atoms with E-state index in [0.29, 0.717) is 0 Å². The van der Waals surface area contributed by atoms with Gasteiger partial charge in [0.25, 0.3) is 0 Å². The molecule has 361 valence electrons. The first-order chi connectivity index (χ1) is 34.4. The van der Waals surface area contributed by atoms with Gasteiger partial charge in [-0.1, -0.05) is 0 Å². The molecule has 2 unspecified atom stereocenters. The molecule has 1 aliphatic heterocycles. The van der Waals surface area contributed by atoms with Gasteiger partial charge >= 0.3 is 444 Å². The third-order valence-corrected chi connectivity index (χ3v) is 38.9. The van der Waals surface area contributed by atoms with Gasteiger partial charge in [-0.3, -0.25) is 0 Å². The molecule has 0 saturated heterocycles. The molecule has 0 aromatic heterocycles. The molecule has 0 saturated carbocycles. The number of hydrogen-bond donors (Lipinski definition) is 0. The molecule has 8 aromatic carbocycles. The Morgan fingerprint density at radius 1 is 0.417 bits per heavy atom. The molecular formula is C68H67Cl2SiZr. The summed E-state index contributed by atoms with van der Waals surface area (Å²) in [5.74, 6) is 0.556. The van der Waals surface area contributed by atoms with Crippen LogP contribution in [-0.4, -0.2) is 9.52 Å². The van der Waals surface area contributed by atoms with Crippen LogP contribution in [0.1, 0.15) is 122 Å². The average Bonchev–Trinajstić information content (AvgIpc) is 4.10. The van der Waals surface area contributed by atoms with Gasteiger partial charge in [0.1, 0.15) is 0 Å². The monoisotopic (exact) mass is 1070 g/mol. The zero-order valence-electron chi connectivity index (χ0n) is 43.7. The van der Waals surface area contributed by atoms with Crippen LogP contribution in [0.5, 0.6) is 0 Å². The predicted octanol–water partition coefficient (Wildman–Crippen LogP) is 17.7. The van der Waals surface area contributed by atoms with Crippen molar-refractivity contribution >= 4 is 52.3 Å². The summed E-state index contributed by atoms with van der Waals surface area (Å²) in [5.41, 5.74) is 22.6. The number of benzene rings is 8. The Bertz CT molecular complexity index is 3330. The van der Waals surface area contributed by atoms with E-state index in [2.05, 4.69) is 257 Å². The van der Waals surface area contributed by atoms with E-state index in [1.165, 1.54) is 114 Å². The fourth-order valence-corrected chi connectivity index (χ4v) is 41.5. The first-order valence-electron chi connectivity index (χ1n) is 26.2. The van der Waals surface area contributed by atoms with Crippen LogP contribution in [0.4, 0.5) is 0 Å². The van der Waals surface area contributed by atoms with E-state index in [1.807, 2.05) is 0 Å². The van der Waals surface area contributed by atoms with Crippen LogP contribution in [0.3, 0.4) is 0 Å². The van der Waals surface area contributed by atoms with Crippen molar-refractivity contribution in [3.8, 4) is 55.6 Å². The van der Waals surface area contributed by atoms with Crippen LogP contribution in [0.2, 0.25) is 0 Å². The number of allylic oxidation sites excluding steroid dienone is 2. The van der Waals surface area contributed by atoms with E-state index in [1.54, 1.807) is 0 Å². The Balaban J connectivity index is 1.27. The molecule has 1 heterocycles. The number of fused-ring (bicyclic) bond motifs is 5. The second-order valence-electron chi connectivity index (χ2n) is 23.6. The minimum atomic E-state index is -6.02. The van der Waals surface area contributed by atoms with Crippen LogP contribution in [0.15, 0.2) is 187 Å². The second-order valence-corrected chi connectivity index (χ2v) is 46.0. The summed E-state index contributed by atoms with van der Waals surface area (Å²) >= 11 is -6.02. The summed E-state index contributed by atoms with van der Waals surface area (Å²) in [5, 5.41) is 2.92. The van der Waals surface area contributed by atoms with Gasteiger partial charge in [0.2, 0.25) is 0 Å². The third kappa shape index (κ3) is 7.84. The van der Waals surface area contributed by atoms with Gasteiger partial charge in [-0.05, 0) is 0 Å². The van der Waals surface area contributed by atoms with Crippen molar-refractivity contribution in [3.63, 3.8) is 0 Å². The standard InChI is InChI=1S/2C28H29.C12H9Si.2ClH.Zr/c2*1-19(2)23-16-15-21-17-22(28(3,4)5)18-26(21)27(23)25-14-10-9-13-24(25)20-11-7-6-8-12-20;1-3-7-11-9(5-1)10-6-2-4-8-12(10)13-11;;;/h2*6-19H,1-5H3;1-7H,13H2;2*1H;/q;;;;;+2/p-2. The molecule has 72 heavy (non-hydrogen) atoms. The van der Waals surface area contributed by atoms with Crippen LogP contribution < -0.4 is 13.6 Å². The van der Waals surface area contributed by atoms with Crippen molar-refractivity contribution in [3.05, 3.63) is 220 Å². The van der Waals surface area contributed by atoms with E-state index >= 15 is 0 Å². The Labute approximate surface area is 440 Å². The first-order valence-corrected chi connectivity index (χ1v) is 38.0. The Morgan fingerprint density at radius 3 is 1.24 bits per heavy atom. The van der Waals surface area contributed by atoms with Gasteiger partial charge in [0, 0.05) is 0 Å². The van der Waals surface area contributed by atoms with Crippen LogP contribution in [0, 0.1) is 10.8 Å². The molecule has 0 amide bonds. The summed E-state index contributed by atoms with van der Waals surface area (Å²) in [6, 6.07) is 65.9. The van der Waals surface area contributed by atoms with Gasteiger partial charge < -0.3 is 0 Å². The van der Waals surface area contributed by atoms with E-state index in [-0.39, 0.29) is 29.9 Å². The molecule has 0 fully saturated rings. The predicted molar refractivity (Wildman–Crippen MR) is 314 cm³/mol. The van der Waals surface area contributed by atoms with Gasteiger partial charge in [0.15, 0.2) is 0 Å². The molecule has 4 heteroatoms. The Hall–Kier alpha value is -5.08. The molecule has 0 nitrogen and oxygen atoms in total. The van der Waals surface area contributed by atoms with Crippen LogP contribution in [-0.2, 0) is 16.4 Å². The maximum absolute atomic E-state index is 9.79. The molecule has 0 spiro atoms. The van der Waals surface area contributed by atoms with Crippen molar-refractivity contribution in [1.82, 2.24) is 0 Å². The van der Waals surface area contributed by atoms with Gasteiger partial charge in [-0.15, -0.1) is 0 Å². The molecular weight excluding hydrogens is 1010 g/mol. The molecule has 11 rings (SSSR count). The number of hydrogen-bond acceptors (Lipinski definition) is 0. The molecule has 3 aliphatic rings. The van der Waals surface area contributed by atoms with E-state index in [9.17, 15) is 17.0 Å². The van der Waals surface area contributed by atoms with Crippen molar-refractivity contribution < 1.29 is 16.4 Å². The van der Waals surface area contributed by atoms with Crippen LogP contribution >= 0.6 is 17.0 Å². The maximum atomic E-state index is 9.79. The van der Waals surface area contributed by atoms with Crippen molar-refractivity contribution in [2.75, 3.05) is 0 Å². The zero-order valence-corrected chi connectivity index (χ0v) is 49.1. The summed E-state index contributed by atoms with van der Waals surface area (Å²) in [6.07, 6.45) is 5.16. The SMILES string of the molecule is CC(C)c1ccc2c(c1-c1ccccc1-c1ccccc1)C=C(C(C)(C)C)[CH]2[Zr]([Cl])([Cl])([c]1cccc2c1[SiH2]c1ccccc1-2)[CH]1C(C(C)(C)C)=Cc2c1ccc(C(C)C)c2-c1ccccc1-c1ccccc1. The second kappa shape index (κ2) is 18.1. The first kappa shape index (κ1) is 49.1. The summed E-state index contributed by atoms with van der Waals surface area (Å²) in [6.45, 7) is 23.8. The minimum absolute atomic E-state index is 0.232. The van der Waals surface area contributed by atoms with Crippen LogP contribution in [0.25, 0.3) is 67.8 Å². The van der Waals surface area contributed by atoms with E-state index < -0.39 is 25.9 Å². The normalized spacial score (nSPS) is 17.1. The zero-order chi connectivity index (χ0) is 50.5. The Kier molecular flexibility index (Phi) is 12.4. The number of rotatable bonds is 9. The fraction of sp³-hybridized carbons (Fsp3) is 0.235.